The second-order valence-corrected chi connectivity index (χ2v) is 5.18. The van der Waals surface area contributed by atoms with Gasteiger partial charge in [-0.2, -0.15) is 4.98 Å². The van der Waals surface area contributed by atoms with E-state index < -0.39 is 0 Å². The Morgan fingerprint density at radius 2 is 2.00 bits per heavy atom. The van der Waals surface area contributed by atoms with Crippen LogP contribution in [0.15, 0.2) is 53.1 Å². The second kappa shape index (κ2) is 6.44. The molecule has 0 aliphatic rings. The van der Waals surface area contributed by atoms with Crippen molar-refractivity contribution in [2.24, 2.45) is 0 Å². The summed E-state index contributed by atoms with van der Waals surface area (Å²) in [7, 11) is 0. The highest BCUT2D eigenvalue weighted by Crippen LogP contribution is 2.20. The van der Waals surface area contributed by atoms with E-state index in [1.54, 1.807) is 19.1 Å². The van der Waals surface area contributed by atoms with Crippen LogP contribution in [-0.2, 0) is 6.42 Å². The number of anilines is 1. The van der Waals surface area contributed by atoms with Gasteiger partial charge in [-0.25, -0.2) is 0 Å². The number of para-hydroxylation sites is 1. The van der Waals surface area contributed by atoms with Crippen LogP contribution in [0, 0.1) is 6.92 Å². The van der Waals surface area contributed by atoms with Crippen molar-refractivity contribution in [3.63, 3.8) is 0 Å². The van der Waals surface area contributed by atoms with E-state index in [9.17, 15) is 4.79 Å². The molecular formula is C18H17N3O2. The van der Waals surface area contributed by atoms with Crippen LogP contribution in [0.1, 0.15) is 28.7 Å². The van der Waals surface area contributed by atoms with Crippen molar-refractivity contribution in [3.8, 4) is 11.4 Å². The molecule has 0 saturated heterocycles. The molecule has 1 aromatic heterocycles. The Morgan fingerprint density at radius 1 is 1.17 bits per heavy atom. The van der Waals surface area contributed by atoms with E-state index in [2.05, 4.69) is 22.4 Å². The molecule has 3 aromatic rings. The predicted octanol–water partition coefficient (Wildman–Crippen LogP) is 3.86. The van der Waals surface area contributed by atoms with Crippen LogP contribution in [0.4, 0.5) is 5.69 Å². The minimum atomic E-state index is -0.159. The number of amides is 1. The first-order chi connectivity index (χ1) is 11.2. The zero-order valence-electron chi connectivity index (χ0n) is 13.0. The van der Waals surface area contributed by atoms with E-state index >= 15 is 0 Å². The van der Waals surface area contributed by atoms with Crippen LogP contribution in [0.3, 0.4) is 0 Å². The topological polar surface area (TPSA) is 68.0 Å². The van der Waals surface area contributed by atoms with Crippen LogP contribution in [-0.4, -0.2) is 16.0 Å². The molecule has 1 N–H and O–H groups in total. The summed E-state index contributed by atoms with van der Waals surface area (Å²) in [5.74, 6) is 0.811. The fourth-order valence-corrected chi connectivity index (χ4v) is 2.36. The van der Waals surface area contributed by atoms with Gasteiger partial charge in [0.2, 0.25) is 11.7 Å². The molecule has 0 bridgehead atoms. The summed E-state index contributed by atoms with van der Waals surface area (Å²) in [5, 5.41) is 6.84. The predicted molar refractivity (Wildman–Crippen MR) is 88.2 cm³/mol. The normalized spacial score (nSPS) is 10.5. The molecule has 1 amide bonds. The van der Waals surface area contributed by atoms with Gasteiger partial charge in [0.15, 0.2) is 0 Å². The Kier molecular flexibility index (Phi) is 4.19. The largest absolute Gasteiger partial charge is 0.339 e. The van der Waals surface area contributed by atoms with E-state index in [0.29, 0.717) is 17.3 Å². The SMILES string of the molecule is CCc1ccccc1NC(=O)c1cccc(-c2noc(C)n2)c1. The van der Waals surface area contributed by atoms with Crippen LogP contribution in [0.2, 0.25) is 0 Å². The van der Waals surface area contributed by atoms with Crippen molar-refractivity contribution in [3.05, 3.63) is 65.5 Å². The van der Waals surface area contributed by atoms with Gasteiger partial charge in [0.05, 0.1) is 0 Å². The maximum atomic E-state index is 12.5. The molecule has 0 aliphatic carbocycles. The summed E-state index contributed by atoms with van der Waals surface area (Å²) in [4.78, 5) is 16.7. The molecule has 1 heterocycles. The highest BCUT2D eigenvalue weighted by atomic mass is 16.5. The van der Waals surface area contributed by atoms with Gasteiger partial charge in [-0.15, -0.1) is 0 Å². The number of aryl methyl sites for hydroxylation is 2. The number of benzene rings is 2. The third-order valence-electron chi connectivity index (χ3n) is 3.56. The monoisotopic (exact) mass is 307 g/mol. The molecule has 116 valence electrons. The van der Waals surface area contributed by atoms with Crippen molar-refractivity contribution < 1.29 is 9.32 Å². The summed E-state index contributed by atoms with van der Waals surface area (Å²) in [6.07, 6.45) is 0.860. The number of nitrogens with zero attached hydrogens (tertiary/aromatic N) is 2. The van der Waals surface area contributed by atoms with Crippen molar-refractivity contribution in [1.29, 1.82) is 0 Å². The molecule has 0 fully saturated rings. The first kappa shape index (κ1) is 15.0. The lowest BCUT2D eigenvalue weighted by Crippen LogP contribution is -2.13. The molecule has 23 heavy (non-hydrogen) atoms. The van der Waals surface area contributed by atoms with Gasteiger partial charge < -0.3 is 9.84 Å². The first-order valence-corrected chi connectivity index (χ1v) is 7.47. The van der Waals surface area contributed by atoms with Gasteiger partial charge in [0.25, 0.3) is 5.91 Å². The van der Waals surface area contributed by atoms with Crippen molar-refractivity contribution in [2.75, 3.05) is 5.32 Å². The van der Waals surface area contributed by atoms with E-state index in [4.69, 9.17) is 4.52 Å². The molecule has 0 aliphatic heterocycles. The molecule has 5 nitrogen and oxygen atoms in total. The summed E-state index contributed by atoms with van der Waals surface area (Å²) >= 11 is 0. The molecule has 5 heteroatoms. The first-order valence-electron chi connectivity index (χ1n) is 7.47. The molecule has 0 saturated carbocycles. The minimum Gasteiger partial charge on any atom is -0.339 e. The molecule has 0 unspecified atom stereocenters. The van der Waals surface area contributed by atoms with Crippen LogP contribution >= 0.6 is 0 Å². The Labute approximate surface area is 134 Å². The molecule has 0 spiro atoms. The summed E-state index contributed by atoms with van der Waals surface area (Å²) in [6, 6.07) is 15.0. The maximum Gasteiger partial charge on any atom is 0.255 e. The second-order valence-electron chi connectivity index (χ2n) is 5.18. The van der Waals surface area contributed by atoms with Crippen molar-refractivity contribution >= 4 is 11.6 Å². The highest BCUT2D eigenvalue weighted by Gasteiger charge is 2.11. The third-order valence-corrected chi connectivity index (χ3v) is 3.56. The van der Waals surface area contributed by atoms with Gasteiger partial charge in [-0.05, 0) is 30.2 Å². The van der Waals surface area contributed by atoms with Crippen LogP contribution in [0.5, 0.6) is 0 Å². The Bertz CT molecular complexity index is 840. The van der Waals surface area contributed by atoms with Gasteiger partial charge in [0.1, 0.15) is 0 Å². The number of nitrogens with one attached hydrogen (secondary N) is 1. The molecular weight excluding hydrogens is 290 g/mol. The van der Waals surface area contributed by atoms with Crippen LogP contribution in [0.25, 0.3) is 11.4 Å². The zero-order valence-corrected chi connectivity index (χ0v) is 13.0. The van der Waals surface area contributed by atoms with Gasteiger partial charge in [0, 0.05) is 23.7 Å². The average molecular weight is 307 g/mol. The number of hydrogen-bond donors (Lipinski definition) is 1. The lowest BCUT2D eigenvalue weighted by atomic mass is 10.1. The fourth-order valence-electron chi connectivity index (χ4n) is 2.36. The van der Waals surface area contributed by atoms with Crippen molar-refractivity contribution in [1.82, 2.24) is 10.1 Å². The number of carbonyl (C=O) groups excluding carboxylic acids is 1. The summed E-state index contributed by atoms with van der Waals surface area (Å²) in [5.41, 5.74) is 3.24. The van der Waals surface area contributed by atoms with E-state index in [1.165, 1.54) is 0 Å². The molecule has 2 aromatic carbocycles. The smallest absolute Gasteiger partial charge is 0.255 e. The van der Waals surface area contributed by atoms with Gasteiger partial charge in [-0.3, -0.25) is 4.79 Å². The third kappa shape index (κ3) is 3.29. The quantitative estimate of drug-likeness (QED) is 0.794. The maximum absolute atomic E-state index is 12.5. The van der Waals surface area contributed by atoms with Crippen LogP contribution < -0.4 is 5.32 Å². The van der Waals surface area contributed by atoms with Gasteiger partial charge in [-0.1, -0.05) is 42.4 Å². The number of hydrogen-bond acceptors (Lipinski definition) is 4. The molecule has 0 atom stereocenters. The minimum absolute atomic E-state index is 0.159. The fraction of sp³-hybridized carbons (Fsp3) is 0.167. The van der Waals surface area contributed by atoms with E-state index in [1.807, 2.05) is 36.4 Å². The zero-order chi connectivity index (χ0) is 16.2. The standard InChI is InChI=1S/C18H17N3O2/c1-3-13-7-4-5-10-16(13)20-18(22)15-9-6-8-14(11-15)17-19-12(2)23-21-17/h4-11H,3H2,1-2H3,(H,20,22). The average Bonchev–Trinajstić information content (AvgIpc) is 3.02. The Balaban J connectivity index is 1.85. The van der Waals surface area contributed by atoms with E-state index in [0.717, 1.165) is 23.2 Å². The lowest BCUT2D eigenvalue weighted by molar-refractivity contribution is 0.102. The number of aromatic nitrogens is 2. The van der Waals surface area contributed by atoms with Crippen molar-refractivity contribution in [2.45, 2.75) is 20.3 Å². The lowest BCUT2D eigenvalue weighted by Gasteiger charge is -2.10. The summed E-state index contributed by atoms with van der Waals surface area (Å²) < 4.78 is 4.98. The summed E-state index contributed by atoms with van der Waals surface area (Å²) in [6.45, 7) is 3.79. The Hall–Kier alpha value is -2.95. The Morgan fingerprint density at radius 3 is 2.74 bits per heavy atom. The number of rotatable bonds is 4. The highest BCUT2D eigenvalue weighted by molar-refractivity contribution is 6.05. The molecule has 3 rings (SSSR count). The van der Waals surface area contributed by atoms with E-state index in [-0.39, 0.29) is 5.91 Å². The molecule has 0 radical (unpaired) electrons. The van der Waals surface area contributed by atoms with Gasteiger partial charge >= 0.3 is 0 Å². The number of carbonyl (C=O) groups is 1.